The van der Waals surface area contributed by atoms with Crippen LogP contribution in [0.3, 0.4) is 0 Å². The number of carbonyl (C=O) groups excluding carboxylic acids is 2. The van der Waals surface area contributed by atoms with Gasteiger partial charge in [-0.25, -0.2) is 4.57 Å². The van der Waals surface area contributed by atoms with E-state index in [1.807, 2.05) is 0 Å². The van der Waals surface area contributed by atoms with Crippen molar-refractivity contribution in [2.75, 3.05) is 33.0 Å². The van der Waals surface area contributed by atoms with Crippen LogP contribution in [0.2, 0.25) is 0 Å². The highest BCUT2D eigenvalue weighted by Gasteiger charge is 2.26. The van der Waals surface area contributed by atoms with E-state index in [0.717, 1.165) is 0 Å². The zero-order valence-corrected chi connectivity index (χ0v) is 12.1. The first-order valence-corrected chi connectivity index (χ1v) is 7.16. The number of carbonyl (C=O) groups is 2. The van der Waals surface area contributed by atoms with E-state index >= 15 is 0 Å². The molecule has 0 bridgehead atoms. The Bertz CT molecular complexity index is 303. The van der Waals surface area contributed by atoms with Gasteiger partial charge in [0.05, 0.1) is 19.8 Å². The van der Waals surface area contributed by atoms with Gasteiger partial charge in [0.1, 0.15) is 13.2 Å². The van der Waals surface area contributed by atoms with E-state index in [4.69, 9.17) is 13.6 Å². The fourth-order valence-electron chi connectivity index (χ4n) is 0.939. The Morgan fingerprint density at radius 2 is 1.26 bits per heavy atom. The van der Waals surface area contributed by atoms with E-state index in [9.17, 15) is 14.2 Å². The van der Waals surface area contributed by atoms with Crippen molar-refractivity contribution >= 4 is 19.8 Å². The zero-order valence-electron chi connectivity index (χ0n) is 11.2. The maximum atomic E-state index is 12.0. The summed E-state index contributed by atoms with van der Waals surface area (Å²) >= 11 is 0. The maximum Gasteiger partial charge on any atom is 0.475 e. The number of phosphoric acid groups is 1. The van der Waals surface area contributed by atoms with E-state index in [1.54, 1.807) is 6.92 Å². The van der Waals surface area contributed by atoms with Gasteiger partial charge < -0.3 is 9.47 Å². The predicted octanol–water partition coefficient (Wildman–Crippen LogP) is 1.29. The van der Waals surface area contributed by atoms with Crippen LogP contribution >= 0.6 is 7.82 Å². The molecule has 0 saturated heterocycles. The summed E-state index contributed by atoms with van der Waals surface area (Å²) in [5.74, 6) is -0.934. The van der Waals surface area contributed by atoms with Gasteiger partial charge in [-0.2, -0.15) is 0 Å². The van der Waals surface area contributed by atoms with Crippen molar-refractivity contribution in [2.45, 2.75) is 20.8 Å². The Morgan fingerprint density at radius 1 is 0.842 bits per heavy atom. The van der Waals surface area contributed by atoms with Crippen molar-refractivity contribution < 1.29 is 37.2 Å². The van der Waals surface area contributed by atoms with Gasteiger partial charge >= 0.3 is 19.8 Å². The standard InChI is InChI=1S/C10H19O8P/c1-4-16-19(13,17-7-5-14-9(2)11)18-8-6-15-10(3)12/h4-8H2,1-3H3. The molecular formula is C10H19O8P. The summed E-state index contributed by atoms with van der Waals surface area (Å²) in [5.41, 5.74) is 0. The number of ether oxygens (including phenoxy) is 2. The predicted molar refractivity (Wildman–Crippen MR) is 64.4 cm³/mol. The third-order valence-corrected chi connectivity index (χ3v) is 3.14. The molecule has 0 aromatic carbocycles. The van der Waals surface area contributed by atoms with Crippen LogP contribution in [-0.2, 0) is 37.2 Å². The van der Waals surface area contributed by atoms with E-state index in [-0.39, 0.29) is 33.0 Å². The molecule has 0 aliphatic rings. The van der Waals surface area contributed by atoms with Crippen molar-refractivity contribution in [1.82, 2.24) is 0 Å². The van der Waals surface area contributed by atoms with Crippen LogP contribution in [0.4, 0.5) is 0 Å². The quantitative estimate of drug-likeness (QED) is 0.338. The van der Waals surface area contributed by atoms with E-state index < -0.39 is 19.8 Å². The molecule has 19 heavy (non-hydrogen) atoms. The van der Waals surface area contributed by atoms with Crippen molar-refractivity contribution in [3.63, 3.8) is 0 Å². The average Bonchev–Trinajstić information content (AvgIpc) is 2.31. The number of rotatable bonds is 10. The van der Waals surface area contributed by atoms with Crippen molar-refractivity contribution in [3.05, 3.63) is 0 Å². The first kappa shape index (κ1) is 18.0. The molecule has 112 valence electrons. The first-order chi connectivity index (χ1) is 8.89. The van der Waals surface area contributed by atoms with Gasteiger partial charge in [0.15, 0.2) is 0 Å². The highest BCUT2D eigenvalue weighted by atomic mass is 31.2. The van der Waals surface area contributed by atoms with Gasteiger partial charge in [0.25, 0.3) is 0 Å². The summed E-state index contributed by atoms with van der Waals surface area (Å²) in [6.45, 7) is 3.89. The Hall–Kier alpha value is -0.950. The molecule has 0 radical (unpaired) electrons. The molecule has 0 heterocycles. The average molecular weight is 298 g/mol. The largest absolute Gasteiger partial charge is 0.475 e. The summed E-state index contributed by atoms with van der Waals surface area (Å²) in [7, 11) is -3.72. The molecule has 0 saturated carbocycles. The van der Waals surface area contributed by atoms with Crippen LogP contribution in [-0.4, -0.2) is 45.0 Å². The minimum atomic E-state index is -3.72. The molecule has 0 spiro atoms. The van der Waals surface area contributed by atoms with Crippen molar-refractivity contribution in [2.24, 2.45) is 0 Å². The summed E-state index contributed by atoms with van der Waals surface area (Å²) < 4.78 is 35.9. The lowest BCUT2D eigenvalue weighted by Crippen LogP contribution is -2.11. The molecule has 0 aliphatic carbocycles. The molecule has 0 fully saturated rings. The van der Waals surface area contributed by atoms with Gasteiger partial charge in [0.2, 0.25) is 0 Å². The van der Waals surface area contributed by atoms with Gasteiger partial charge in [0, 0.05) is 13.8 Å². The Balaban J connectivity index is 4.00. The molecule has 0 N–H and O–H groups in total. The summed E-state index contributed by atoms with van der Waals surface area (Å²) in [4.78, 5) is 21.0. The lowest BCUT2D eigenvalue weighted by atomic mass is 10.7. The van der Waals surface area contributed by atoms with E-state index in [0.29, 0.717) is 0 Å². The Kier molecular flexibility index (Phi) is 9.42. The molecule has 8 nitrogen and oxygen atoms in total. The molecule has 0 aliphatic heterocycles. The normalized spacial score (nSPS) is 11.1. The van der Waals surface area contributed by atoms with Crippen molar-refractivity contribution in [3.8, 4) is 0 Å². The molecule has 0 aromatic rings. The molecule has 0 unspecified atom stereocenters. The molecular weight excluding hydrogens is 279 g/mol. The lowest BCUT2D eigenvalue weighted by molar-refractivity contribution is -0.142. The third-order valence-electron chi connectivity index (χ3n) is 1.56. The minimum absolute atomic E-state index is 0.0558. The second-order valence-electron chi connectivity index (χ2n) is 3.21. The topological polar surface area (TPSA) is 97.4 Å². The lowest BCUT2D eigenvalue weighted by Gasteiger charge is -2.17. The summed E-state index contributed by atoms with van der Waals surface area (Å²) in [5, 5.41) is 0. The smallest absolute Gasteiger partial charge is 0.463 e. The van der Waals surface area contributed by atoms with Crippen LogP contribution in [0.1, 0.15) is 20.8 Å². The molecule has 0 rings (SSSR count). The fourth-order valence-corrected chi connectivity index (χ4v) is 2.07. The molecule has 9 heteroatoms. The summed E-state index contributed by atoms with van der Waals surface area (Å²) in [6.07, 6.45) is 0. The van der Waals surface area contributed by atoms with Gasteiger partial charge in [-0.3, -0.25) is 23.2 Å². The fraction of sp³-hybridized carbons (Fsp3) is 0.800. The highest BCUT2D eigenvalue weighted by molar-refractivity contribution is 7.48. The van der Waals surface area contributed by atoms with Crippen LogP contribution in [0.5, 0.6) is 0 Å². The zero-order chi connectivity index (χ0) is 14.7. The Morgan fingerprint density at radius 3 is 1.58 bits per heavy atom. The van der Waals surface area contributed by atoms with Crippen LogP contribution in [0, 0.1) is 0 Å². The van der Waals surface area contributed by atoms with Gasteiger partial charge in [-0.1, -0.05) is 0 Å². The molecule has 0 amide bonds. The van der Waals surface area contributed by atoms with Gasteiger partial charge in [-0.15, -0.1) is 0 Å². The summed E-state index contributed by atoms with van der Waals surface area (Å²) in [6, 6.07) is 0. The van der Waals surface area contributed by atoms with E-state index in [2.05, 4.69) is 9.47 Å². The second-order valence-corrected chi connectivity index (χ2v) is 4.88. The number of hydrogen-bond acceptors (Lipinski definition) is 8. The minimum Gasteiger partial charge on any atom is -0.463 e. The molecule has 0 atom stereocenters. The number of hydrogen-bond donors (Lipinski definition) is 0. The SMILES string of the molecule is CCOP(=O)(OCCOC(C)=O)OCCOC(C)=O. The van der Waals surface area contributed by atoms with Crippen LogP contribution in [0.25, 0.3) is 0 Å². The number of phosphoric ester groups is 1. The third kappa shape index (κ3) is 10.6. The monoisotopic (exact) mass is 298 g/mol. The Labute approximate surface area is 111 Å². The van der Waals surface area contributed by atoms with Crippen LogP contribution in [0.15, 0.2) is 0 Å². The molecule has 0 aromatic heterocycles. The van der Waals surface area contributed by atoms with Crippen molar-refractivity contribution in [1.29, 1.82) is 0 Å². The number of esters is 2. The highest BCUT2D eigenvalue weighted by Crippen LogP contribution is 2.48. The second kappa shape index (κ2) is 9.91. The van der Waals surface area contributed by atoms with Gasteiger partial charge in [-0.05, 0) is 6.92 Å². The van der Waals surface area contributed by atoms with E-state index in [1.165, 1.54) is 13.8 Å². The first-order valence-electron chi connectivity index (χ1n) is 5.70. The maximum absolute atomic E-state index is 12.0. The van der Waals surface area contributed by atoms with Crippen LogP contribution < -0.4 is 0 Å².